The van der Waals surface area contributed by atoms with Gasteiger partial charge in [-0.3, -0.25) is 0 Å². The Hall–Kier alpha value is -0.770. The molecule has 4 nitrogen and oxygen atoms in total. The van der Waals surface area contributed by atoms with Crippen molar-refractivity contribution in [1.82, 2.24) is 10.2 Å². The van der Waals surface area contributed by atoms with Crippen molar-refractivity contribution in [3.8, 4) is 0 Å². The first-order valence-corrected chi connectivity index (χ1v) is 8.95. The maximum absolute atomic E-state index is 12.5. The second-order valence-electron chi connectivity index (χ2n) is 7.72. The van der Waals surface area contributed by atoms with E-state index in [9.17, 15) is 4.79 Å². The molecule has 2 aliphatic heterocycles. The first-order valence-electron chi connectivity index (χ1n) is 8.95. The SMILES string of the molecule is O=C(N[C@@H]1CCOC2(CCCCC2)C1)N1C[C@H]2CC[C@H]1C2. The van der Waals surface area contributed by atoms with E-state index in [1.807, 2.05) is 0 Å². The predicted octanol–water partition coefficient (Wildman–Crippen LogP) is 3.06. The average Bonchev–Trinajstić information content (AvgIpc) is 3.11. The average molecular weight is 292 g/mol. The zero-order chi connectivity index (χ0) is 14.3. The molecule has 2 saturated carbocycles. The van der Waals surface area contributed by atoms with Crippen LogP contribution in [0.4, 0.5) is 4.79 Å². The molecule has 0 unspecified atom stereocenters. The molecule has 118 valence electrons. The lowest BCUT2D eigenvalue weighted by Crippen LogP contribution is -2.53. The van der Waals surface area contributed by atoms with E-state index in [-0.39, 0.29) is 11.6 Å². The van der Waals surface area contributed by atoms with E-state index in [1.54, 1.807) is 0 Å². The highest BCUT2D eigenvalue weighted by Crippen LogP contribution is 2.39. The Morgan fingerprint density at radius 3 is 2.71 bits per heavy atom. The number of fused-ring (bicyclic) bond motifs is 2. The lowest BCUT2D eigenvalue weighted by Gasteiger charge is -2.44. The molecule has 4 fully saturated rings. The molecule has 4 rings (SSSR count). The number of ether oxygens (including phenoxy) is 1. The van der Waals surface area contributed by atoms with E-state index in [2.05, 4.69) is 10.2 Å². The summed E-state index contributed by atoms with van der Waals surface area (Å²) in [5, 5.41) is 3.32. The maximum atomic E-state index is 12.5. The minimum atomic E-state index is 0.0818. The molecule has 3 atom stereocenters. The van der Waals surface area contributed by atoms with Gasteiger partial charge in [-0.2, -0.15) is 0 Å². The van der Waals surface area contributed by atoms with Crippen LogP contribution in [0.15, 0.2) is 0 Å². The van der Waals surface area contributed by atoms with Gasteiger partial charge in [-0.05, 0) is 50.9 Å². The molecule has 2 aliphatic carbocycles. The standard InChI is InChI=1S/C17H28N2O2/c20-16(19-12-13-4-5-15(19)10-13)18-14-6-9-21-17(11-14)7-2-1-3-8-17/h13-15H,1-12H2,(H,18,20)/t13-,14+,15-/m0/s1. The highest BCUT2D eigenvalue weighted by atomic mass is 16.5. The van der Waals surface area contributed by atoms with Gasteiger partial charge in [-0.1, -0.05) is 19.3 Å². The normalized spacial score (nSPS) is 37.9. The van der Waals surface area contributed by atoms with Gasteiger partial charge in [0.05, 0.1) is 5.60 Å². The van der Waals surface area contributed by atoms with Crippen molar-refractivity contribution in [2.75, 3.05) is 13.2 Å². The summed E-state index contributed by atoms with van der Waals surface area (Å²) in [6.45, 7) is 1.81. The largest absolute Gasteiger partial charge is 0.375 e. The molecular formula is C17H28N2O2. The van der Waals surface area contributed by atoms with Gasteiger partial charge in [-0.25, -0.2) is 4.79 Å². The third-order valence-electron chi connectivity index (χ3n) is 6.26. The molecular weight excluding hydrogens is 264 g/mol. The van der Waals surface area contributed by atoms with Crippen molar-refractivity contribution in [1.29, 1.82) is 0 Å². The molecule has 2 bridgehead atoms. The van der Waals surface area contributed by atoms with Gasteiger partial charge >= 0.3 is 6.03 Å². The topological polar surface area (TPSA) is 41.6 Å². The Morgan fingerprint density at radius 2 is 2.00 bits per heavy atom. The molecule has 4 aliphatic rings. The Morgan fingerprint density at radius 1 is 1.14 bits per heavy atom. The van der Waals surface area contributed by atoms with Crippen molar-refractivity contribution < 1.29 is 9.53 Å². The van der Waals surface area contributed by atoms with Crippen molar-refractivity contribution in [3.63, 3.8) is 0 Å². The summed E-state index contributed by atoms with van der Waals surface area (Å²) < 4.78 is 6.13. The molecule has 1 spiro atoms. The Bertz CT molecular complexity index is 400. The molecule has 0 radical (unpaired) electrons. The first kappa shape index (κ1) is 13.9. The van der Waals surface area contributed by atoms with E-state index in [0.29, 0.717) is 12.1 Å². The van der Waals surface area contributed by atoms with Crippen molar-refractivity contribution in [3.05, 3.63) is 0 Å². The number of carbonyl (C=O) groups is 1. The van der Waals surface area contributed by atoms with Crippen molar-refractivity contribution >= 4 is 6.03 Å². The van der Waals surface area contributed by atoms with Gasteiger partial charge in [0.1, 0.15) is 0 Å². The van der Waals surface area contributed by atoms with E-state index in [0.717, 1.165) is 31.9 Å². The van der Waals surface area contributed by atoms with E-state index in [1.165, 1.54) is 51.4 Å². The molecule has 2 saturated heterocycles. The van der Waals surface area contributed by atoms with Crippen LogP contribution in [-0.2, 0) is 4.74 Å². The number of piperidine rings is 1. The van der Waals surface area contributed by atoms with Gasteiger partial charge in [0.15, 0.2) is 0 Å². The molecule has 2 amide bonds. The van der Waals surface area contributed by atoms with Crippen LogP contribution in [0, 0.1) is 5.92 Å². The van der Waals surface area contributed by atoms with Crippen LogP contribution in [0.3, 0.4) is 0 Å². The second-order valence-corrected chi connectivity index (χ2v) is 7.72. The number of carbonyl (C=O) groups excluding carboxylic acids is 1. The summed E-state index contributed by atoms with van der Waals surface area (Å²) in [4.78, 5) is 14.7. The fraction of sp³-hybridized carbons (Fsp3) is 0.941. The Balaban J connectivity index is 1.35. The van der Waals surface area contributed by atoms with Crippen molar-refractivity contribution in [2.45, 2.75) is 81.9 Å². The van der Waals surface area contributed by atoms with Crippen molar-refractivity contribution in [2.24, 2.45) is 5.92 Å². The number of urea groups is 1. The van der Waals surface area contributed by atoms with Crippen LogP contribution >= 0.6 is 0 Å². The fourth-order valence-corrected chi connectivity index (χ4v) is 5.13. The number of nitrogens with one attached hydrogen (secondary N) is 1. The highest BCUT2D eigenvalue weighted by molar-refractivity contribution is 5.75. The molecule has 4 heteroatoms. The summed E-state index contributed by atoms with van der Waals surface area (Å²) in [7, 11) is 0. The zero-order valence-corrected chi connectivity index (χ0v) is 13.0. The number of likely N-dealkylation sites (tertiary alicyclic amines) is 1. The molecule has 0 aromatic heterocycles. The fourth-order valence-electron chi connectivity index (χ4n) is 5.13. The molecule has 0 aromatic carbocycles. The van der Waals surface area contributed by atoms with Gasteiger partial charge < -0.3 is 15.0 Å². The predicted molar refractivity (Wildman–Crippen MR) is 81.2 cm³/mol. The first-order chi connectivity index (χ1) is 10.2. The van der Waals surface area contributed by atoms with E-state index in [4.69, 9.17) is 4.74 Å². The van der Waals surface area contributed by atoms with E-state index >= 15 is 0 Å². The van der Waals surface area contributed by atoms with Gasteiger partial charge in [0, 0.05) is 25.2 Å². The quantitative estimate of drug-likeness (QED) is 0.807. The second kappa shape index (κ2) is 5.45. The third-order valence-corrected chi connectivity index (χ3v) is 6.26. The summed E-state index contributed by atoms with van der Waals surface area (Å²) >= 11 is 0. The molecule has 1 N–H and O–H groups in total. The van der Waals surface area contributed by atoms with Gasteiger partial charge in [-0.15, -0.1) is 0 Å². The monoisotopic (exact) mass is 292 g/mol. The summed E-state index contributed by atoms with van der Waals surface area (Å²) in [5.41, 5.74) is 0.0818. The highest BCUT2D eigenvalue weighted by Gasteiger charge is 2.42. The van der Waals surface area contributed by atoms with Crippen LogP contribution in [0.2, 0.25) is 0 Å². The number of hydrogen-bond acceptors (Lipinski definition) is 2. The lowest BCUT2D eigenvalue weighted by molar-refractivity contribution is -0.108. The number of rotatable bonds is 1. The van der Waals surface area contributed by atoms with Crippen LogP contribution in [0.25, 0.3) is 0 Å². The van der Waals surface area contributed by atoms with Gasteiger partial charge in [0.25, 0.3) is 0 Å². The molecule has 0 aromatic rings. The molecule has 2 heterocycles. The summed E-state index contributed by atoms with van der Waals surface area (Å²) in [5.74, 6) is 0.778. The molecule has 21 heavy (non-hydrogen) atoms. The van der Waals surface area contributed by atoms with Crippen LogP contribution in [-0.4, -0.2) is 41.8 Å². The Kier molecular flexibility index (Phi) is 3.60. The maximum Gasteiger partial charge on any atom is 0.317 e. The minimum absolute atomic E-state index is 0.0818. The number of hydrogen-bond donors (Lipinski definition) is 1. The zero-order valence-electron chi connectivity index (χ0n) is 13.0. The minimum Gasteiger partial charge on any atom is -0.375 e. The van der Waals surface area contributed by atoms with Crippen LogP contribution in [0.5, 0.6) is 0 Å². The Labute approximate surface area is 127 Å². The smallest absolute Gasteiger partial charge is 0.317 e. The lowest BCUT2D eigenvalue weighted by atomic mass is 9.78. The van der Waals surface area contributed by atoms with Gasteiger partial charge in [0.2, 0.25) is 0 Å². The van der Waals surface area contributed by atoms with Crippen LogP contribution in [0.1, 0.15) is 64.2 Å². The number of nitrogens with zero attached hydrogens (tertiary/aromatic N) is 1. The number of amides is 2. The third kappa shape index (κ3) is 2.67. The summed E-state index contributed by atoms with van der Waals surface area (Å²) in [6, 6.07) is 1.04. The van der Waals surface area contributed by atoms with Crippen LogP contribution < -0.4 is 5.32 Å². The summed E-state index contributed by atoms with van der Waals surface area (Å²) in [6.07, 6.45) is 12.1. The van der Waals surface area contributed by atoms with E-state index < -0.39 is 0 Å².